The van der Waals surface area contributed by atoms with Gasteiger partial charge in [0.15, 0.2) is 5.16 Å². The van der Waals surface area contributed by atoms with Gasteiger partial charge in [0.1, 0.15) is 0 Å². The number of thioether (sulfide) groups is 1. The van der Waals surface area contributed by atoms with Crippen LogP contribution in [0.5, 0.6) is 0 Å². The van der Waals surface area contributed by atoms with E-state index in [1.807, 2.05) is 13.8 Å². The SMILES string of the molecule is COC(=O)Cc1cc(=O)[nH]c(SCC(=O)NC(C)(C)CC(C)(C)C)n1. The Kier molecular flexibility index (Phi) is 7.22. The minimum Gasteiger partial charge on any atom is -0.469 e. The van der Waals surface area contributed by atoms with Crippen molar-refractivity contribution in [3.05, 3.63) is 22.1 Å². The molecule has 0 bridgehead atoms. The Balaban J connectivity index is 2.67. The minimum absolute atomic E-state index is 0.0845. The number of rotatable bonds is 7. The van der Waals surface area contributed by atoms with E-state index >= 15 is 0 Å². The second-order valence-corrected chi connectivity index (χ2v) is 8.72. The highest BCUT2D eigenvalue weighted by atomic mass is 32.2. The monoisotopic (exact) mass is 369 g/mol. The zero-order valence-electron chi connectivity index (χ0n) is 15.7. The molecule has 0 aromatic carbocycles. The molecule has 0 radical (unpaired) electrons. The lowest BCUT2D eigenvalue weighted by Gasteiger charge is -2.33. The maximum Gasteiger partial charge on any atom is 0.311 e. The van der Waals surface area contributed by atoms with Crippen molar-refractivity contribution in [1.82, 2.24) is 15.3 Å². The molecule has 7 nitrogen and oxygen atoms in total. The van der Waals surface area contributed by atoms with Gasteiger partial charge < -0.3 is 15.0 Å². The van der Waals surface area contributed by atoms with Gasteiger partial charge in [0.25, 0.3) is 5.56 Å². The number of carbonyl (C=O) groups is 2. The van der Waals surface area contributed by atoms with Crippen LogP contribution in [-0.4, -0.2) is 40.2 Å². The average molecular weight is 369 g/mol. The van der Waals surface area contributed by atoms with E-state index in [9.17, 15) is 14.4 Å². The fourth-order valence-corrected chi connectivity index (χ4v) is 3.47. The summed E-state index contributed by atoms with van der Waals surface area (Å²) in [7, 11) is 1.27. The molecule has 1 heterocycles. The van der Waals surface area contributed by atoms with Crippen LogP contribution in [0.3, 0.4) is 0 Å². The molecule has 0 aliphatic heterocycles. The van der Waals surface area contributed by atoms with E-state index in [1.165, 1.54) is 13.2 Å². The summed E-state index contributed by atoms with van der Waals surface area (Å²) in [5, 5.41) is 3.30. The van der Waals surface area contributed by atoms with E-state index in [2.05, 4.69) is 40.8 Å². The standard InChI is InChI=1S/C17H27N3O4S/c1-16(2,3)10-17(4,5)20-13(22)9-25-15-18-11(7-12(21)19-15)8-14(23)24-6/h7H,8-10H2,1-6H3,(H,20,22)(H,18,19,21). The van der Waals surface area contributed by atoms with E-state index in [0.717, 1.165) is 18.2 Å². The van der Waals surface area contributed by atoms with Crippen LogP contribution in [0.15, 0.2) is 16.0 Å². The summed E-state index contributed by atoms with van der Waals surface area (Å²) in [6, 6.07) is 1.24. The third-order valence-electron chi connectivity index (χ3n) is 3.12. The van der Waals surface area contributed by atoms with Crippen LogP contribution in [0.4, 0.5) is 0 Å². The van der Waals surface area contributed by atoms with Gasteiger partial charge in [0.2, 0.25) is 5.91 Å². The van der Waals surface area contributed by atoms with Crippen LogP contribution in [0.2, 0.25) is 0 Å². The van der Waals surface area contributed by atoms with E-state index in [4.69, 9.17) is 0 Å². The molecule has 1 aromatic rings. The first kappa shape index (κ1) is 21.2. The summed E-state index contributed by atoms with van der Waals surface area (Å²) in [5.41, 5.74) is -0.293. The Bertz CT molecular complexity index is 677. The number of amides is 1. The minimum atomic E-state index is -0.476. The molecular weight excluding hydrogens is 342 g/mol. The van der Waals surface area contributed by atoms with Crippen molar-refractivity contribution in [2.45, 2.75) is 58.2 Å². The third kappa shape index (κ3) is 8.72. The largest absolute Gasteiger partial charge is 0.469 e. The van der Waals surface area contributed by atoms with Crippen molar-refractivity contribution in [3.8, 4) is 0 Å². The van der Waals surface area contributed by atoms with Crippen molar-refractivity contribution in [2.75, 3.05) is 12.9 Å². The molecule has 0 fully saturated rings. The zero-order valence-corrected chi connectivity index (χ0v) is 16.5. The first-order valence-electron chi connectivity index (χ1n) is 8.01. The highest BCUT2D eigenvalue weighted by molar-refractivity contribution is 7.99. The van der Waals surface area contributed by atoms with Crippen molar-refractivity contribution in [2.24, 2.45) is 5.41 Å². The fourth-order valence-electron chi connectivity index (χ4n) is 2.78. The number of carbonyl (C=O) groups excluding carboxylic acids is 2. The molecular formula is C17H27N3O4S. The van der Waals surface area contributed by atoms with E-state index < -0.39 is 5.97 Å². The molecule has 0 aliphatic rings. The van der Waals surface area contributed by atoms with Crippen LogP contribution in [0, 0.1) is 5.41 Å². The molecule has 140 valence electrons. The third-order valence-corrected chi connectivity index (χ3v) is 3.99. The number of hydrogen-bond acceptors (Lipinski definition) is 6. The van der Waals surface area contributed by atoms with Gasteiger partial charge in [0, 0.05) is 11.6 Å². The van der Waals surface area contributed by atoms with Gasteiger partial charge in [-0.2, -0.15) is 0 Å². The molecule has 0 aliphatic carbocycles. The lowest BCUT2D eigenvalue weighted by molar-refractivity contribution is -0.139. The molecule has 0 unspecified atom stereocenters. The van der Waals surface area contributed by atoms with Crippen molar-refractivity contribution < 1.29 is 14.3 Å². The van der Waals surface area contributed by atoms with Crippen molar-refractivity contribution in [1.29, 1.82) is 0 Å². The molecule has 0 atom stereocenters. The normalized spacial score (nSPS) is 11.9. The summed E-state index contributed by atoms with van der Waals surface area (Å²) in [6.07, 6.45) is 0.749. The van der Waals surface area contributed by atoms with Gasteiger partial charge in [-0.3, -0.25) is 14.4 Å². The topological polar surface area (TPSA) is 101 Å². The fraction of sp³-hybridized carbons (Fsp3) is 0.647. The number of methoxy groups -OCH3 is 1. The smallest absolute Gasteiger partial charge is 0.311 e. The predicted octanol–water partition coefficient (Wildman–Crippen LogP) is 1.91. The lowest BCUT2D eigenvalue weighted by Crippen LogP contribution is -2.46. The number of ether oxygens (including phenoxy) is 1. The highest BCUT2D eigenvalue weighted by Crippen LogP contribution is 2.26. The molecule has 0 saturated carbocycles. The summed E-state index contributed by atoms with van der Waals surface area (Å²) < 4.78 is 4.56. The first-order valence-corrected chi connectivity index (χ1v) is 9.00. The Morgan fingerprint density at radius 1 is 1.28 bits per heavy atom. The van der Waals surface area contributed by atoms with Crippen LogP contribution in [0.1, 0.15) is 46.7 Å². The van der Waals surface area contributed by atoms with Crippen LogP contribution in [0.25, 0.3) is 0 Å². The summed E-state index contributed by atoms with van der Waals surface area (Å²) in [6.45, 7) is 10.3. The number of aromatic nitrogens is 2. The average Bonchev–Trinajstić information content (AvgIpc) is 2.41. The maximum absolute atomic E-state index is 12.2. The van der Waals surface area contributed by atoms with Gasteiger partial charge >= 0.3 is 5.97 Å². The first-order chi connectivity index (χ1) is 11.4. The number of nitrogens with zero attached hydrogens (tertiary/aromatic N) is 1. The Morgan fingerprint density at radius 2 is 1.92 bits per heavy atom. The molecule has 25 heavy (non-hydrogen) atoms. The van der Waals surface area contributed by atoms with Gasteiger partial charge in [-0.25, -0.2) is 4.98 Å². The van der Waals surface area contributed by atoms with E-state index in [1.54, 1.807) is 0 Å². The molecule has 1 aromatic heterocycles. The number of hydrogen-bond donors (Lipinski definition) is 2. The van der Waals surface area contributed by atoms with E-state index in [-0.39, 0.29) is 34.6 Å². The highest BCUT2D eigenvalue weighted by Gasteiger charge is 2.26. The Morgan fingerprint density at radius 3 is 2.48 bits per heavy atom. The summed E-state index contributed by atoms with van der Waals surface area (Å²) in [4.78, 5) is 41.9. The Labute approximate surface area is 152 Å². The number of aromatic amines is 1. The lowest BCUT2D eigenvalue weighted by atomic mass is 9.82. The van der Waals surface area contributed by atoms with Crippen LogP contribution < -0.4 is 10.9 Å². The number of esters is 1. The van der Waals surface area contributed by atoms with E-state index in [0.29, 0.717) is 10.9 Å². The van der Waals surface area contributed by atoms with Gasteiger partial charge in [-0.1, -0.05) is 32.5 Å². The van der Waals surface area contributed by atoms with Gasteiger partial charge in [0.05, 0.1) is 25.0 Å². The molecule has 0 spiro atoms. The molecule has 1 rings (SSSR count). The van der Waals surface area contributed by atoms with Crippen molar-refractivity contribution >= 4 is 23.6 Å². The van der Waals surface area contributed by atoms with Crippen LogP contribution >= 0.6 is 11.8 Å². The second kappa shape index (κ2) is 8.51. The molecule has 2 N–H and O–H groups in total. The van der Waals surface area contributed by atoms with Gasteiger partial charge in [-0.05, 0) is 25.7 Å². The number of H-pyrrole nitrogens is 1. The molecule has 1 amide bonds. The summed E-state index contributed by atoms with van der Waals surface area (Å²) in [5.74, 6) is -0.492. The predicted molar refractivity (Wildman–Crippen MR) is 97.6 cm³/mol. The second-order valence-electron chi connectivity index (χ2n) is 7.75. The number of nitrogens with one attached hydrogen (secondary N) is 2. The maximum atomic E-state index is 12.2. The van der Waals surface area contributed by atoms with Crippen LogP contribution in [-0.2, 0) is 20.7 Å². The molecule has 0 saturated heterocycles. The Hall–Kier alpha value is -1.83. The van der Waals surface area contributed by atoms with Crippen molar-refractivity contribution in [3.63, 3.8) is 0 Å². The zero-order chi connectivity index (χ0) is 19.3. The quantitative estimate of drug-likeness (QED) is 0.432. The van der Waals surface area contributed by atoms with Gasteiger partial charge in [-0.15, -0.1) is 0 Å². The summed E-state index contributed by atoms with van der Waals surface area (Å²) >= 11 is 1.12. The molecule has 8 heteroatoms.